The van der Waals surface area contributed by atoms with Gasteiger partial charge in [0, 0.05) is 6.04 Å². The molecule has 2 heteroatoms. The minimum Gasteiger partial charge on any atom is -0.314 e. The van der Waals surface area contributed by atoms with Crippen LogP contribution >= 0.6 is 11.8 Å². The first-order valence-corrected chi connectivity index (χ1v) is 6.42. The molecule has 0 atom stereocenters. The number of rotatable bonds is 4. The second-order valence-electron chi connectivity index (χ2n) is 4.07. The van der Waals surface area contributed by atoms with Crippen LogP contribution in [0.5, 0.6) is 0 Å². The Balaban J connectivity index is 1.52. The third-order valence-electron chi connectivity index (χ3n) is 2.90. The molecule has 1 N–H and O–H groups in total. The van der Waals surface area contributed by atoms with Gasteiger partial charge in [-0.25, -0.2) is 0 Å². The Kier molecular flexibility index (Phi) is 3.35. The minimum absolute atomic E-state index is 0.852. The molecule has 1 aliphatic heterocycles. The quantitative estimate of drug-likeness (QED) is 0.721. The molecule has 0 amide bonds. The molecule has 2 rings (SSSR count). The average Bonchev–Trinajstić information content (AvgIpc) is 2.90. The molecule has 0 spiro atoms. The summed E-state index contributed by atoms with van der Waals surface area (Å²) in [4.78, 5) is 0. The van der Waals surface area contributed by atoms with Gasteiger partial charge in [-0.05, 0) is 43.2 Å². The molecule has 0 bridgehead atoms. The summed E-state index contributed by atoms with van der Waals surface area (Å²) in [5, 5.41) is 3.68. The SMILES string of the molecule is C(CC1CC1)NC1CCSCC1. The summed E-state index contributed by atoms with van der Waals surface area (Å²) in [6, 6.07) is 0.852. The Morgan fingerprint density at radius 3 is 2.50 bits per heavy atom. The third kappa shape index (κ3) is 2.98. The predicted octanol–water partition coefficient (Wildman–Crippen LogP) is 2.27. The van der Waals surface area contributed by atoms with E-state index < -0.39 is 0 Å². The van der Waals surface area contributed by atoms with Gasteiger partial charge in [0.1, 0.15) is 0 Å². The molecule has 0 unspecified atom stereocenters. The molecule has 1 heterocycles. The molecular weight excluding hydrogens is 166 g/mol. The zero-order valence-electron chi connectivity index (χ0n) is 7.72. The number of hydrogen-bond donors (Lipinski definition) is 1. The van der Waals surface area contributed by atoms with Crippen LogP contribution in [0.4, 0.5) is 0 Å². The molecule has 1 saturated carbocycles. The fourth-order valence-electron chi connectivity index (χ4n) is 1.80. The van der Waals surface area contributed by atoms with E-state index in [-0.39, 0.29) is 0 Å². The van der Waals surface area contributed by atoms with Crippen LogP contribution in [-0.4, -0.2) is 24.1 Å². The monoisotopic (exact) mass is 185 g/mol. The van der Waals surface area contributed by atoms with E-state index in [9.17, 15) is 0 Å². The van der Waals surface area contributed by atoms with Crippen LogP contribution in [0.3, 0.4) is 0 Å². The smallest absolute Gasteiger partial charge is 0.00827 e. The van der Waals surface area contributed by atoms with Crippen LogP contribution in [0.15, 0.2) is 0 Å². The fraction of sp³-hybridized carbons (Fsp3) is 1.00. The lowest BCUT2D eigenvalue weighted by atomic mass is 10.1. The Bertz CT molecular complexity index is 128. The molecular formula is C10H19NS. The maximum Gasteiger partial charge on any atom is 0.00827 e. The fourth-order valence-corrected chi connectivity index (χ4v) is 2.91. The van der Waals surface area contributed by atoms with Crippen molar-refractivity contribution in [1.29, 1.82) is 0 Å². The van der Waals surface area contributed by atoms with Crippen molar-refractivity contribution in [2.75, 3.05) is 18.1 Å². The van der Waals surface area contributed by atoms with Gasteiger partial charge < -0.3 is 5.32 Å². The van der Waals surface area contributed by atoms with Gasteiger partial charge in [0.2, 0.25) is 0 Å². The van der Waals surface area contributed by atoms with Gasteiger partial charge in [-0.15, -0.1) is 0 Å². The molecule has 2 fully saturated rings. The van der Waals surface area contributed by atoms with E-state index in [1.165, 1.54) is 50.2 Å². The maximum atomic E-state index is 3.68. The number of nitrogens with one attached hydrogen (secondary N) is 1. The zero-order valence-corrected chi connectivity index (χ0v) is 8.54. The highest BCUT2D eigenvalue weighted by Crippen LogP contribution is 2.31. The van der Waals surface area contributed by atoms with E-state index in [4.69, 9.17) is 0 Å². The number of hydrogen-bond acceptors (Lipinski definition) is 2. The second-order valence-corrected chi connectivity index (χ2v) is 5.30. The summed E-state index contributed by atoms with van der Waals surface area (Å²) in [6.45, 7) is 1.28. The van der Waals surface area contributed by atoms with Crippen LogP contribution in [0.25, 0.3) is 0 Å². The topological polar surface area (TPSA) is 12.0 Å². The first kappa shape index (κ1) is 8.89. The molecule has 0 aromatic rings. The lowest BCUT2D eigenvalue weighted by Crippen LogP contribution is -2.33. The van der Waals surface area contributed by atoms with Crippen LogP contribution in [-0.2, 0) is 0 Å². The van der Waals surface area contributed by atoms with Crippen molar-refractivity contribution in [3.8, 4) is 0 Å². The molecule has 2 aliphatic rings. The van der Waals surface area contributed by atoms with Gasteiger partial charge in [-0.3, -0.25) is 0 Å². The second kappa shape index (κ2) is 4.52. The van der Waals surface area contributed by atoms with Gasteiger partial charge in [0.25, 0.3) is 0 Å². The molecule has 12 heavy (non-hydrogen) atoms. The summed E-state index contributed by atoms with van der Waals surface area (Å²) in [5.74, 6) is 3.85. The van der Waals surface area contributed by atoms with Gasteiger partial charge in [-0.2, -0.15) is 11.8 Å². The van der Waals surface area contributed by atoms with Gasteiger partial charge >= 0.3 is 0 Å². The summed E-state index contributed by atoms with van der Waals surface area (Å²) in [5.41, 5.74) is 0. The largest absolute Gasteiger partial charge is 0.314 e. The molecule has 0 radical (unpaired) electrons. The third-order valence-corrected chi connectivity index (χ3v) is 3.95. The first-order chi connectivity index (χ1) is 5.95. The van der Waals surface area contributed by atoms with E-state index in [1.54, 1.807) is 0 Å². The van der Waals surface area contributed by atoms with Crippen molar-refractivity contribution in [3.63, 3.8) is 0 Å². The lowest BCUT2D eigenvalue weighted by molar-refractivity contribution is 0.468. The normalized spacial score (nSPS) is 26.0. The van der Waals surface area contributed by atoms with Crippen molar-refractivity contribution in [2.45, 2.75) is 38.1 Å². The van der Waals surface area contributed by atoms with E-state index in [0.717, 1.165) is 12.0 Å². The Morgan fingerprint density at radius 2 is 1.83 bits per heavy atom. The highest BCUT2D eigenvalue weighted by molar-refractivity contribution is 7.99. The standard InChI is InChI=1S/C10H19NS/c1-2-9(1)3-6-11-10-4-7-12-8-5-10/h9-11H,1-8H2. The highest BCUT2D eigenvalue weighted by atomic mass is 32.2. The summed E-state index contributed by atoms with van der Waals surface area (Å²) in [6.07, 6.45) is 7.23. The van der Waals surface area contributed by atoms with E-state index >= 15 is 0 Å². The van der Waals surface area contributed by atoms with Gasteiger partial charge in [0.05, 0.1) is 0 Å². The van der Waals surface area contributed by atoms with Crippen molar-refractivity contribution < 1.29 is 0 Å². The maximum absolute atomic E-state index is 3.68. The van der Waals surface area contributed by atoms with Crippen LogP contribution in [0.2, 0.25) is 0 Å². The summed E-state index contributed by atoms with van der Waals surface area (Å²) >= 11 is 2.11. The predicted molar refractivity (Wildman–Crippen MR) is 55.7 cm³/mol. The van der Waals surface area contributed by atoms with E-state index in [0.29, 0.717) is 0 Å². The molecule has 0 aromatic carbocycles. The Labute approximate surface area is 79.7 Å². The lowest BCUT2D eigenvalue weighted by Gasteiger charge is -2.22. The number of thioether (sulfide) groups is 1. The first-order valence-electron chi connectivity index (χ1n) is 5.26. The summed E-state index contributed by atoms with van der Waals surface area (Å²) < 4.78 is 0. The van der Waals surface area contributed by atoms with Crippen LogP contribution < -0.4 is 5.32 Å². The zero-order chi connectivity index (χ0) is 8.23. The van der Waals surface area contributed by atoms with Crippen molar-refractivity contribution in [2.24, 2.45) is 5.92 Å². The van der Waals surface area contributed by atoms with Crippen molar-refractivity contribution >= 4 is 11.8 Å². The van der Waals surface area contributed by atoms with E-state index in [1.807, 2.05) is 0 Å². The Morgan fingerprint density at radius 1 is 1.08 bits per heavy atom. The molecule has 1 aliphatic carbocycles. The highest BCUT2D eigenvalue weighted by Gasteiger charge is 2.21. The Hall–Kier alpha value is 0.310. The van der Waals surface area contributed by atoms with Crippen LogP contribution in [0.1, 0.15) is 32.1 Å². The van der Waals surface area contributed by atoms with Gasteiger partial charge in [-0.1, -0.05) is 12.8 Å². The molecule has 1 nitrogen and oxygen atoms in total. The minimum atomic E-state index is 0.852. The summed E-state index contributed by atoms with van der Waals surface area (Å²) in [7, 11) is 0. The van der Waals surface area contributed by atoms with Gasteiger partial charge in [0.15, 0.2) is 0 Å². The van der Waals surface area contributed by atoms with Crippen molar-refractivity contribution in [1.82, 2.24) is 5.32 Å². The van der Waals surface area contributed by atoms with Crippen molar-refractivity contribution in [3.05, 3.63) is 0 Å². The molecule has 0 aromatic heterocycles. The molecule has 70 valence electrons. The average molecular weight is 185 g/mol. The molecule has 1 saturated heterocycles. The van der Waals surface area contributed by atoms with E-state index in [2.05, 4.69) is 17.1 Å². The van der Waals surface area contributed by atoms with Crippen LogP contribution in [0, 0.1) is 5.92 Å².